The van der Waals surface area contributed by atoms with Crippen LogP contribution in [-0.2, 0) is 19.1 Å². The molecule has 0 amide bonds. The topological polar surface area (TPSA) is 77.3 Å². The molecule has 2 rings (SSSR count). The van der Waals surface area contributed by atoms with Gasteiger partial charge in [0.05, 0.1) is 13.2 Å². The Bertz CT molecular complexity index is 632. The van der Waals surface area contributed by atoms with Crippen molar-refractivity contribution in [2.24, 2.45) is 10.2 Å². The molecule has 0 N–H and O–H groups in total. The highest BCUT2D eigenvalue weighted by molar-refractivity contribution is 6.39. The summed E-state index contributed by atoms with van der Waals surface area (Å²) in [6.07, 6.45) is 0.653. The summed E-state index contributed by atoms with van der Waals surface area (Å²) in [5.41, 5.74) is 1.32. The minimum Gasteiger partial charge on any atom is -0.461 e. The van der Waals surface area contributed by atoms with Crippen LogP contribution in [0.2, 0.25) is 5.02 Å². The van der Waals surface area contributed by atoms with Crippen LogP contribution in [0.25, 0.3) is 0 Å². The molecule has 0 aliphatic carbocycles. The van der Waals surface area contributed by atoms with Crippen molar-refractivity contribution >= 4 is 35.0 Å². The van der Waals surface area contributed by atoms with Crippen LogP contribution in [0.4, 0.5) is 0 Å². The van der Waals surface area contributed by atoms with E-state index in [-0.39, 0.29) is 30.6 Å². The molecule has 1 heterocycles. The molecule has 1 aliphatic rings. The summed E-state index contributed by atoms with van der Waals surface area (Å²) in [7, 11) is 0. The second-order valence-electron chi connectivity index (χ2n) is 5.19. The summed E-state index contributed by atoms with van der Waals surface area (Å²) < 4.78 is 10.0. The summed E-state index contributed by atoms with van der Waals surface area (Å²) in [5.74, 6) is -1.19. The molecule has 1 aliphatic heterocycles. The smallest absolute Gasteiger partial charge is 0.354 e. The number of benzene rings is 1. The lowest BCUT2D eigenvalue weighted by Crippen LogP contribution is -2.21. The van der Waals surface area contributed by atoms with Crippen molar-refractivity contribution in [1.82, 2.24) is 0 Å². The normalized spacial score (nSPS) is 15.1. The largest absolute Gasteiger partial charge is 0.461 e. The Hall–Kier alpha value is -2.21. The fourth-order valence-electron chi connectivity index (χ4n) is 2.39. The van der Waals surface area contributed by atoms with E-state index in [1.54, 1.807) is 26.0 Å². The fraction of sp³-hybridized carbons (Fsp3) is 0.412. The molecule has 128 valence electrons. The van der Waals surface area contributed by atoms with Crippen molar-refractivity contribution in [3.05, 3.63) is 34.9 Å². The lowest BCUT2D eigenvalue weighted by atomic mass is 9.89. The standard InChI is InChI=1S/C17H19ClN2O4/c1-3-23-16(21)14-9-12(11-5-7-13(18)8-6-11)10-15(20-19-14)17(22)24-4-2/h5-8,12H,3-4,9-10H2,1-2H3. The summed E-state index contributed by atoms with van der Waals surface area (Å²) in [6, 6.07) is 7.27. The first-order valence-electron chi connectivity index (χ1n) is 7.78. The monoisotopic (exact) mass is 350 g/mol. The van der Waals surface area contributed by atoms with Crippen molar-refractivity contribution < 1.29 is 19.1 Å². The first-order chi connectivity index (χ1) is 11.5. The average Bonchev–Trinajstić information content (AvgIpc) is 2.79. The van der Waals surface area contributed by atoms with Gasteiger partial charge in [-0.15, -0.1) is 10.2 Å². The lowest BCUT2D eigenvalue weighted by molar-refractivity contribution is -0.136. The number of carbonyl (C=O) groups is 2. The van der Waals surface area contributed by atoms with Crippen LogP contribution in [0.5, 0.6) is 0 Å². The molecule has 0 fully saturated rings. The fourth-order valence-corrected chi connectivity index (χ4v) is 2.52. The van der Waals surface area contributed by atoms with Crippen molar-refractivity contribution in [2.45, 2.75) is 32.6 Å². The van der Waals surface area contributed by atoms with Crippen LogP contribution in [-0.4, -0.2) is 36.6 Å². The second-order valence-corrected chi connectivity index (χ2v) is 5.63. The van der Waals surface area contributed by atoms with Crippen LogP contribution < -0.4 is 0 Å². The molecule has 0 saturated heterocycles. The highest BCUT2D eigenvalue weighted by atomic mass is 35.5. The van der Waals surface area contributed by atoms with Crippen LogP contribution in [0, 0.1) is 0 Å². The molecule has 0 unspecified atom stereocenters. The van der Waals surface area contributed by atoms with Gasteiger partial charge in [0.25, 0.3) is 0 Å². The van der Waals surface area contributed by atoms with Gasteiger partial charge in [0.2, 0.25) is 0 Å². The lowest BCUT2D eigenvalue weighted by Gasteiger charge is -2.16. The maximum absolute atomic E-state index is 12.0. The SMILES string of the molecule is CCOC(=O)C1=NN=C(C(=O)OCC)CC(c2ccc(Cl)cc2)C1. The van der Waals surface area contributed by atoms with Gasteiger partial charge in [0.1, 0.15) is 11.4 Å². The first-order valence-corrected chi connectivity index (χ1v) is 8.16. The summed E-state index contributed by atoms with van der Waals surface area (Å²) in [4.78, 5) is 24.0. The molecule has 1 aromatic carbocycles. The van der Waals surface area contributed by atoms with E-state index in [2.05, 4.69) is 10.2 Å². The number of halogens is 1. The summed E-state index contributed by atoms with van der Waals surface area (Å²) in [6.45, 7) is 3.94. The number of hydrogen-bond acceptors (Lipinski definition) is 6. The van der Waals surface area contributed by atoms with E-state index >= 15 is 0 Å². The van der Waals surface area contributed by atoms with Gasteiger partial charge in [-0.1, -0.05) is 23.7 Å². The molecular formula is C17H19ClN2O4. The Balaban J connectivity index is 2.32. The molecule has 0 saturated carbocycles. The van der Waals surface area contributed by atoms with Gasteiger partial charge in [-0.3, -0.25) is 0 Å². The molecule has 7 heteroatoms. The van der Waals surface area contributed by atoms with E-state index in [4.69, 9.17) is 21.1 Å². The van der Waals surface area contributed by atoms with E-state index in [0.29, 0.717) is 17.9 Å². The highest BCUT2D eigenvalue weighted by Crippen LogP contribution is 2.28. The van der Waals surface area contributed by atoms with Gasteiger partial charge in [-0.2, -0.15) is 0 Å². The third-order valence-corrected chi connectivity index (χ3v) is 3.79. The van der Waals surface area contributed by atoms with E-state index in [1.165, 1.54) is 0 Å². The number of esters is 2. The zero-order chi connectivity index (χ0) is 17.5. The van der Waals surface area contributed by atoms with Gasteiger partial charge < -0.3 is 9.47 Å². The number of rotatable bonds is 5. The Labute approximate surface area is 145 Å². The third-order valence-electron chi connectivity index (χ3n) is 3.53. The van der Waals surface area contributed by atoms with Crippen molar-refractivity contribution in [3.8, 4) is 0 Å². The molecule has 24 heavy (non-hydrogen) atoms. The predicted octanol–water partition coefficient (Wildman–Crippen LogP) is 3.14. The molecule has 0 spiro atoms. The zero-order valence-corrected chi connectivity index (χ0v) is 14.4. The Kier molecular flexibility index (Phi) is 6.49. The predicted molar refractivity (Wildman–Crippen MR) is 91.6 cm³/mol. The summed E-state index contributed by atoms with van der Waals surface area (Å²) in [5, 5.41) is 8.46. The minimum atomic E-state index is -0.523. The van der Waals surface area contributed by atoms with Gasteiger partial charge >= 0.3 is 11.9 Å². The van der Waals surface area contributed by atoms with E-state index in [1.807, 2.05) is 12.1 Å². The molecule has 6 nitrogen and oxygen atoms in total. The number of nitrogens with zero attached hydrogens (tertiary/aromatic N) is 2. The van der Waals surface area contributed by atoms with Gasteiger partial charge in [0.15, 0.2) is 0 Å². The second kappa shape index (κ2) is 8.59. The van der Waals surface area contributed by atoms with E-state index in [0.717, 1.165) is 5.56 Å². The minimum absolute atomic E-state index is 0.143. The summed E-state index contributed by atoms with van der Waals surface area (Å²) >= 11 is 5.93. The maximum Gasteiger partial charge on any atom is 0.354 e. The van der Waals surface area contributed by atoms with Crippen LogP contribution in [0.15, 0.2) is 34.5 Å². The van der Waals surface area contributed by atoms with Crippen molar-refractivity contribution in [3.63, 3.8) is 0 Å². The quantitative estimate of drug-likeness (QED) is 0.764. The molecule has 0 atom stereocenters. The number of hydrogen-bond donors (Lipinski definition) is 0. The van der Waals surface area contributed by atoms with Gasteiger partial charge in [-0.25, -0.2) is 9.59 Å². The Morgan fingerprint density at radius 3 is 1.88 bits per heavy atom. The van der Waals surface area contributed by atoms with Gasteiger partial charge in [0, 0.05) is 17.9 Å². The van der Waals surface area contributed by atoms with Gasteiger partial charge in [-0.05, 0) is 37.5 Å². The maximum atomic E-state index is 12.0. The third kappa shape index (κ3) is 4.64. The zero-order valence-electron chi connectivity index (χ0n) is 13.6. The molecule has 0 aromatic heterocycles. The Morgan fingerprint density at radius 1 is 1.00 bits per heavy atom. The average molecular weight is 351 g/mol. The molecule has 1 aromatic rings. The van der Waals surface area contributed by atoms with Crippen molar-refractivity contribution in [1.29, 1.82) is 0 Å². The van der Waals surface area contributed by atoms with Crippen LogP contribution >= 0.6 is 11.6 Å². The van der Waals surface area contributed by atoms with E-state index < -0.39 is 11.9 Å². The number of carbonyl (C=O) groups excluding carboxylic acids is 2. The molecule has 0 bridgehead atoms. The first kappa shape index (κ1) is 18.1. The number of ether oxygens (including phenoxy) is 2. The molecular weight excluding hydrogens is 332 g/mol. The molecule has 0 radical (unpaired) electrons. The van der Waals surface area contributed by atoms with Crippen molar-refractivity contribution in [2.75, 3.05) is 13.2 Å². The highest BCUT2D eigenvalue weighted by Gasteiger charge is 2.28. The van der Waals surface area contributed by atoms with Crippen LogP contribution in [0.1, 0.15) is 38.2 Å². The van der Waals surface area contributed by atoms with Crippen LogP contribution in [0.3, 0.4) is 0 Å². The Morgan fingerprint density at radius 2 is 1.46 bits per heavy atom. The van der Waals surface area contributed by atoms with E-state index in [9.17, 15) is 9.59 Å².